The minimum Gasteiger partial charge on any atom is -0.496 e. The Morgan fingerprint density at radius 1 is 1.27 bits per heavy atom. The van der Waals surface area contributed by atoms with E-state index in [2.05, 4.69) is 38.1 Å². The Morgan fingerprint density at radius 2 is 1.96 bits per heavy atom. The number of fused-ring (bicyclic) bond motifs is 1. The zero-order valence-electron chi connectivity index (χ0n) is 15.5. The Labute approximate surface area is 163 Å². The Hall–Kier alpha value is -2.17. The van der Waals surface area contributed by atoms with Gasteiger partial charge in [0.2, 0.25) is 0 Å². The molecule has 0 saturated carbocycles. The van der Waals surface area contributed by atoms with Crippen LogP contribution < -0.4 is 14.9 Å². The highest BCUT2D eigenvalue weighted by atomic mass is 79.9. The molecule has 7 heteroatoms. The highest BCUT2D eigenvalue weighted by Gasteiger charge is 2.33. The van der Waals surface area contributed by atoms with Gasteiger partial charge in [0.1, 0.15) is 28.0 Å². The van der Waals surface area contributed by atoms with Gasteiger partial charge in [-0.05, 0) is 28.1 Å². The molecule has 0 aromatic heterocycles. The third-order valence-electron chi connectivity index (χ3n) is 4.50. The fourth-order valence-corrected chi connectivity index (χ4v) is 3.80. The van der Waals surface area contributed by atoms with Crippen molar-refractivity contribution in [3.05, 3.63) is 33.9 Å². The molecule has 2 aliphatic heterocycles. The molecule has 0 amide bonds. The molecule has 2 aliphatic rings. The molecule has 3 rings (SSSR count). The number of methoxy groups -OCH3 is 2. The van der Waals surface area contributed by atoms with Crippen molar-refractivity contribution in [3.8, 4) is 23.3 Å². The molecule has 1 unspecified atom stereocenters. The number of hydrogen-bond acceptors (Lipinski definition) is 5. The van der Waals surface area contributed by atoms with Gasteiger partial charge in [-0.1, -0.05) is 17.9 Å². The molecular weight excluding hydrogens is 396 g/mol. The predicted octanol–water partition coefficient (Wildman–Crippen LogP) is 2.37. The fourth-order valence-electron chi connectivity index (χ4n) is 3.13. The Balaban J connectivity index is 2.02. The lowest BCUT2D eigenvalue weighted by Gasteiger charge is -2.26. The first-order valence-electron chi connectivity index (χ1n) is 8.40. The van der Waals surface area contributed by atoms with E-state index >= 15 is 0 Å². The van der Waals surface area contributed by atoms with Crippen LogP contribution in [0.5, 0.6) is 11.5 Å². The van der Waals surface area contributed by atoms with Crippen LogP contribution in [0.4, 0.5) is 0 Å². The second-order valence-corrected chi connectivity index (χ2v) is 6.92. The van der Waals surface area contributed by atoms with Gasteiger partial charge in [-0.15, -0.1) is 0 Å². The zero-order chi connectivity index (χ0) is 18.7. The average molecular weight is 419 g/mol. The van der Waals surface area contributed by atoms with Crippen molar-refractivity contribution in [1.82, 2.24) is 15.3 Å². The number of benzene rings is 1. The van der Waals surface area contributed by atoms with Gasteiger partial charge in [0.25, 0.3) is 0 Å². The molecule has 0 bridgehead atoms. The van der Waals surface area contributed by atoms with Crippen molar-refractivity contribution in [2.45, 2.75) is 19.0 Å². The van der Waals surface area contributed by atoms with Crippen LogP contribution >= 0.6 is 15.9 Å². The normalized spacial score (nSPS) is 21.5. The number of nitrogens with one attached hydrogen (secondary N) is 1. The number of likely N-dealkylation sites (N-methyl/N-ethyl adjacent to an activating group) is 2. The fraction of sp³-hybridized carbons (Fsp3) is 0.421. The van der Waals surface area contributed by atoms with E-state index in [4.69, 9.17) is 14.5 Å². The number of halogens is 1. The lowest BCUT2D eigenvalue weighted by atomic mass is 10.1. The second kappa shape index (κ2) is 8.02. The summed E-state index contributed by atoms with van der Waals surface area (Å²) in [6, 6.07) is 5.73. The summed E-state index contributed by atoms with van der Waals surface area (Å²) in [6.45, 7) is 1.29. The van der Waals surface area contributed by atoms with Crippen LogP contribution in [0.3, 0.4) is 0 Å². The third kappa shape index (κ3) is 3.53. The van der Waals surface area contributed by atoms with Gasteiger partial charge in [0.15, 0.2) is 0 Å². The van der Waals surface area contributed by atoms with E-state index in [1.54, 1.807) is 14.2 Å². The second-order valence-electron chi connectivity index (χ2n) is 6.13. The first-order chi connectivity index (χ1) is 12.6. The number of amidine groups is 1. The topological polar surface area (TPSA) is 49.3 Å². The molecule has 6 nitrogen and oxygen atoms in total. The van der Waals surface area contributed by atoms with Gasteiger partial charge >= 0.3 is 0 Å². The van der Waals surface area contributed by atoms with E-state index in [1.165, 1.54) is 0 Å². The average Bonchev–Trinajstić information content (AvgIpc) is 2.90. The van der Waals surface area contributed by atoms with Gasteiger partial charge in [0, 0.05) is 27.1 Å². The third-order valence-corrected chi connectivity index (χ3v) is 5.11. The predicted molar refractivity (Wildman–Crippen MR) is 106 cm³/mol. The SMILES string of the molecule is COc1cccc(OC)c1CN=C1C2=C(Br)NN(C)C2C#CCCN1C. The monoisotopic (exact) mass is 418 g/mol. The summed E-state index contributed by atoms with van der Waals surface area (Å²) in [6.07, 6.45) is 0.808. The van der Waals surface area contributed by atoms with Gasteiger partial charge in [0.05, 0.1) is 31.9 Å². The molecule has 0 saturated heterocycles. The molecule has 26 heavy (non-hydrogen) atoms. The first-order valence-corrected chi connectivity index (χ1v) is 9.19. The molecule has 1 aromatic carbocycles. The Morgan fingerprint density at radius 3 is 2.62 bits per heavy atom. The minimum atomic E-state index is -0.0366. The van der Waals surface area contributed by atoms with Crippen LogP contribution in [0.25, 0.3) is 0 Å². The van der Waals surface area contributed by atoms with E-state index in [0.29, 0.717) is 6.54 Å². The molecule has 2 heterocycles. The number of ether oxygens (including phenoxy) is 2. The molecule has 138 valence electrons. The summed E-state index contributed by atoms with van der Waals surface area (Å²) in [5.41, 5.74) is 5.26. The van der Waals surface area contributed by atoms with Crippen molar-refractivity contribution in [2.24, 2.45) is 4.99 Å². The lowest BCUT2D eigenvalue weighted by Crippen LogP contribution is -2.39. The molecule has 0 fully saturated rings. The van der Waals surface area contributed by atoms with E-state index < -0.39 is 0 Å². The number of rotatable bonds is 4. The molecule has 1 atom stereocenters. The van der Waals surface area contributed by atoms with Crippen molar-refractivity contribution in [3.63, 3.8) is 0 Å². The maximum absolute atomic E-state index is 5.50. The number of hydrazine groups is 1. The van der Waals surface area contributed by atoms with Crippen LogP contribution in [0.15, 0.2) is 33.4 Å². The molecule has 0 aliphatic carbocycles. The van der Waals surface area contributed by atoms with E-state index in [9.17, 15) is 0 Å². The van der Waals surface area contributed by atoms with Gasteiger partial charge in [-0.3, -0.25) is 4.99 Å². The highest BCUT2D eigenvalue weighted by molar-refractivity contribution is 9.11. The zero-order valence-corrected chi connectivity index (χ0v) is 17.1. The van der Waals surface area contributed by atoms with Gasteiger partial charge in [-0.2, -0.15) is 0 Å². The van der Waals surface area contributed by atoms with Crippen molar-refractivity contribution in [2.75, 3.05) is 34.9 Å². The van der Waals surface area contributed by atoms with E-state index in [0.717, 1.165) is 46.0 Å². The maximum Gasteiger partial charge on any atom is 0.132 e. The largest absolute Gasteiger partial charge is 0.496 e. The van der Waals surface area contributed by atoms with Crippen LogP contribution in [0.2, 0.25) is 0 Å². The van der Waals surface area contributed by atoms with Crippen molar-refractivity contribution < 1.29 is 9.47 Å². The molecular formula is C19H23BrN4O2. The Kier molecular flexibility index (Phi) is 5.74. The maximum atomic E-state index is 5.50. The number of aliphatic imine (C=N–C) groups is 1. The van der Waals surface area contributed by atoms with Crippen molar-refractivity contribution in [1.29, 1.82) is 0 Å². The summed E-state index contributed by atoms with van der Waals surface area (Å²) in [4.78, 5) is 7.09. The summed E-state index contributed by atoms with van der Waals surface area (Å²) < 4.78 is 11.9. The molecule has 1 aromatic rings. The van der Waals surface area contributed by atoms with Gasteiger partial charge < -0.3 is 19.8 Å². The van der Waals surface area contributed by atoms with Gasteiger partial charge in [-0.25, -0.2) is 5.01 Å². The smallest absolute Gasteiger partial charge is 0.132 e. The summed E-state index contributed by atoms with van der Waals surface area (Å²) in [5, 5.41) is 1.99. The molecule has 0 spiro atoms. The molecule has 0 radical (unpaired) electrons. The number of hydrogen-bond donors (Lipinski definition) is 1. The quantitative estimate of drug-likeness (QED) is 0.600. The van der Waals surface area contributed by atoms with Crippen molar-refractivity contribution >= 4 is 21.8 Å². The minimum absolute atomic E-state index is 0.0366. The Bertz CT molecular complexity index is 787. The lowest BCUT2D eigenvalue weighted by molar-refractivity contribution is 0.286. The van der Waals surface area contributed by atoms with Crippen LogP contribution in [-0.2, 0) is 6.54 Å². The highest BCUT2D eigenvalue weighted by Crippen LogP contribution is 2.31. The van der Waals surface area contributed by atoms with Crippen LogP contribution in [0.1, 0.15) is 12.0 Å². The first kappa shape index (κ1) is 18.6. The summed E-state index contributed by atoms with van der Waals surface area (Å²) in [5.74, 6) is 9.03. The molecule has 1 N–H and O–H groups in total. The number of nitrogens with zero attached hydrogens (tertiary/aromatic N) is 3. The summed E-state index contributed by atoms with van der Waals surface area (Å²) >= 11 is 3.63. The summed E-state index contributed by atoms with van der Waals surface area (Å²) in [7, 11) is 7.35. The van der Waals surface area contributed by atoms with E-state index in [-0.39, 0.29) is 6.04 Å². The van der Waals surface area contributed by atoms with E-state index in [1.807, 2.05) is 37.3 Å². The van der Waals surface area contributed by atoms with Crippen LogP contribution in [-0.4, -0.2) is 56.6 Å². The van der Waals surface area contributed by atoms with Crippen LogP contribution in [0, 0.1) is 11.8 Å². The standard InChI is InChI=1S/C19H23BrN4O2/c1-23-11-6-5-8-14-17(18(20)22-24(14)2)19(23)21-12-13-15(25-3)9-7-10-16(13)26-4/h7,9-10,14,22H,6,11-12H2,1-4H3.